The normalized spacial score (nSPS) is 14.8. The van der Waals surface area contributed by atoms with E-state index in [2.05, 4.69) is 27.9 Å². The lowest BCUT2D eigenvalue weighted by molar-refractivity contribution is 0.0948. The van der Waals surface area contributed by atoms with Gasteiger partial charge in [0, 0.05) is 9.61 Å². The second-order valence-electron chi connectivity index (χ2n) is 3.59. The van der Waals surface area contributed by atoms with E-state index < -0.39 is 0 Å². The average Bonchev–Trinajstić information content (AvgIpc) is 3.01. The smallest absolute Gasteiger partial charge is 0.255 e. The number of hydrogen-bond donors (Lipinski definition) is 1. The zero-order valence-corrected chi connectivity index (χ0v) is 10.6. The minimum Gasteiger partial charge on any atom is -0.496 e. The van der Waals surface area contributed by atoms with Crippen LogP contribution in [0.1, 0.15) is 23.2 Å². The highest BCUT2D eigenvalue weighted by Gasteiger charge is 2.25. The van der Waals surface area contributed by atoms with Crippen LogP contribution in [-0.4, -0.2) is 19.1 Å². The van der Waals surface area contributed by atoms with Crippen molar-refractivity contribution in [2.24, 2.45) is 0 Å². The summed E-state index contributed by atoms with van der Waals surface area (Å²) >= 11 is 2.19. The number of benzene rings is 1. The third kappa shape index (κ3) is 2.62. The summed E-state index contributed by atoms with van der Waals surface area (Å²) in [6, 6.07) is 5.95. The number of hydrogen-bond acceptors (Lipinski definition) is 2. The highest BCUT2D eigenvalue weighted by Crippen LogP contribution is 2.24. The molecule has 0 heterocycles. The first-order chi connectivity index (χ1) is 7.20. The first-order valence-corrected chi connectivity index (χ1v) is 5.93. The predicted octanol–water partition coefficient (Wildman–Crippen LogP) is 2.19. The van der Waals surface area contributed by atoms with E-state index in [-0.39, 0.29) is 5.91 Å². The van der Waals surface area contributed by atoms with Gasteiger partial charge in [0.05, 0.1) is 12.7 Å². The number of halogens is 1. The molecule has 1 amide bonds. The number of nitrogens with one attached hydrogen (secondary N) is 1. The van der Waals surface area contributed by atoms with Gasteiger partial charge in [-0.05, 0) is 53.6 Å². The molecule has 0 aromatic heterocycles. The summed E-state index contributed by atoms with van der Waals surface area (Å²) in [5, 5.41) is 2.94. The number of ether oxygens (including phenoxy) is 1. The summed E-state index contributed by atoms with van der Waals surface area (Å²) in [4.78, 5) is 11.8. The Morgan fingerprint density at radius 1 is 1.53 bits per heavy atom. The summed E-state index contributed by atoms with van der Waals surface area (Å²) in [6.45, 7) is 0. The van der Waals surface area contributed by atoms with Crippen LogP contribution in [0.15, 0.2) is 18.2 Å². The summed E-state index contributed by atoms with van der Waals surface area (Å²) in [6.07, 6.45) is 2.19. The van der Waals surface area contributed by atoms with E-state index in [1.54, 1.807) is 13.2 Å². The first-order valence-electron chi connectivity index (χ1n) is 4.85. The molecule has 3 nitrogen and oxygen atoms in total. The van der Waals surface area contributed by atoms with Gasteiger partial charge in [-0.2, -0.15) is 0 Å². The second-order valence-corrected chi connectivity index (χ2v) is 4.84. The van der Waals surface area contributed by atoms with Crippen molar-refractivity contribution in [1.82, 2.24) is 5.32 Å². The molecule has 1 aliphatic carbocycles. The average molecular weight is 317 g/mol. The first kappa shape index (κ1) is 10.7. The van der Waals surface area contributed by atoms with Crippen molar-refractivity contribution >= 4 is 28.5 Å². The lowest BCUT2D eigenvalue weighted by Gasteiger charge is -2.08. The number of carbonyl (C=O) groups excluding carboxylic acids is 1. The van der Waals surface area contributed by atoms with Gasteiger partial charge in [-0.1, -0.05) is 0 Å². The molecule has 0 bridgehead atoms. The Labute approximate surface area is 102 Å². The largest absolute Gasteiger partial charge is 0.496 e. The summed E-state index contributed by atoms with van der Waals surface area (Å²) in [5.74, 6) is 0.603. The molecule has 15 heavy (non-hydrogen) atoms. The lowest BCUT2D eigenvalue weighted by Crippen LogP contribution is -2.25. The number of methoxy groups -OCH3 is 1. The summed E-state index contributed by atoms with van der Waals surface area (Å²) < 4.78 is 6.25. The van der Waals surface area contributed by atoms with Crippen molar-refractivity contribution in [3.8, 4) is 5.75 Å². The van der Waals surface area contributed by atoms with Gasteiger partial charge in [0.1, 0.15) is 5.75 Å². The van der Waals surface area contributed by atoms with Gasteiger partial charge in [-0.25, -0.2) is 0 Å². The zero-order valence-electron chi connectivity index (χ0n) is 8.42. The van der Waals surface area contributed by atoms with Crippen LogP contribution >= 0.6 is 22.6 Å². The monoisotopic (exact) mass is 317 g/mol. The van der Waals surface area contributed by atoms with E-state index in [4.69, 9.17) is 4.74 Å². The van der Waals surface area contributed by atoms with Gasteiger partial charge < -0.3 is 10.1 Å². The van der Waals surface area contributed by atoms with Crippen molar-refractivity contribution < 1.29 is 9.53 Å². The highest BCUT2D eigenvalue weighted by atomic mass is 127. The molecule has 1 aromatic carbocycles. The Bertz CT molecular complexity index is 388. The van der Waals surface area contributed by atoms with Crippen LogP contribution in [0.25, 0.3) is 0 Å². The van der Waals surface area contributed by atoms with Crippen LogP contribution in [0, 0.1) is 3.57 Å². The fraction of sp³-hybridized carbons (Fsp3) is 0.364. The summed E-state index contributed by atoms with van der Waals surface area (Å²) in [7, 11) is 1.58. The van der Waals surface area contributed by atoms with Crippen molar-refractivity contribution in [1.29, 1.82) is 0 Å². The Morgan fingerprint density at radius 2 is 2.27 bits per heavy atom. The predicted molar refractivity (Wildman–Crippen MR) is 66.2 cm³/mol. The van der Waals surface area contributed by atoms with Crippen LogP contribution < -0.4 is 10.1 Å². The SMILES string of the molecule is COc1cc(I)ccc1C(=O)NC1CC1. The molecule has 1 fully saturated rings. The van der Waals surface area contributed by atoms with Crippen molar-refractivity contribution in [3.63, 3.8) is 0 Å². The molecule has 4 heteroatoms. The maximum absolute atomic E-state index is 11.8. The van der Waals surface area contributed by atoms with E-state index in [0.29, 0.717) is 17.4 Å². The summed E-state index contributed by atoms with van der Waals surface area (Å²) in [5.41, 5.74) is 0.616. The van der Waals surface area contributed by atoms with E-state index >= 15 is 0 Å². The molecule has 1 N–H and O–H groups in total. The zero-order chi connectivity index (χ0) is 10.8. The molecule has 1 aliphatic rings. The quantitative estimate of drug-likeness (QED) is 0.868. The van der Waals surface area contributed by atoms with Gasteiger partial charge >= 0.3 is 0 Å². The van der Waals surface area contributed by atoms with Crippen molar-refractivity contribution in [2.45, 2.75) is 18.9 Å². The molecule has 1 saturated carbocycles. The topological polar surface area (TPSA) is 38.3 Å². The van der Waals surface area contributed by atoms with E-state index in [0.717, 1.165) is 16.4 Å². The van der Waals surface area contributed by atoms with E-state index in [9.17, 15) is 4.79 Å². The second kappa shape index (κ2) is 4.38. The number of amides is 1. The van der Waals surface area contributed by atoms with Gasteiger partial charge in [0.25, 0.3) is 5.91 Å². The fourth-order valence-electron chi connectivity index (χ4n) is 1.34. The van der Waals surface area contributed by atoms with Crippen LogP contribution in [0.2, 0.25) is 0 Å². The molecular formula is C11H12INO2. The third-order valence-electron chi connectivity index (χ3n) is 2.32. The third-order valence-corrected chi connectivity index (χ3v) is 2.99. The van der Waals surface area contributed by atoms with Crippen molar-refractivity contribution in [2.75, 3.05) is 7.11 Å². The van der Waals surface area contributed by atoms with Gasteiger partial charge in [-0.3, -0.25) is 4.79 Å². The van der Waals surface area contributed by atoms with Crippen LogP contribution in [0.3, 0.4) is 0 Å². The standard InChI is InChI=1S/C11H12INO2/c1-15-10-6-7(12)2-5-9(10)11(14)13-8-3-4-8/h2,5-6,8H,3-4H2,1H3,(H,13,14). The van der Waals surface area contributed by atoms with Gasteiger partial charge in [0.2, 0.25) is 0 Å². The molecule has 0 aliphatic heterocycles. The highest BCUT2D eigenvalue weighted by molar-refractivity contribution is 14.1. The molecule has 0 atom stereocenters. The molecule has 0 unspecified atom stereocenters. The fourth-order valence-corrected chi connectivity index (χ4v) is 1.81. The van der Waals surface area contributed by atoms with Gasteiger partial charge in [0.15, 0.2) is 0 Å². The maximum Gasteiger partial charge on any atom is 0.255 e. The minimum atomic E-state index is -0.0363. The number of carbonyl (C=O) groups is 1. The molecule has 0 spiro atoms. The molecule has 2 rings (SSSR count). The van der Waals surface area contributed by atoms with Crippen LogP contribution in [0.5, 0.6) is 5.75 Å². The van der Waals surface area contributed by atoms with E-state index in [1.165, 1.54) is 0 Å². The Kier molecular flexibility index (Phi) is 3.14. The Morgan fingerprint density at radius 3 is 2.87 bits per heavy atom. The molecule has 80 valence electrons. The lowest BCUT2D eigenvalue weighted by atomic mass is 10.2. The maximum atomic E-state index is 11.8. The Hall–Kier alpha value is -0.780. The van der Waals surface area contributed by atoms with E-state index in [1.807, 2.05) is 12.1 Å². The Balaban J connectivity index is 2.21. The molecule has 1 aromatic rings. The van der Waals surface area contributed by atoms with Gasteiger partial charge in [-0.15, -0.1) is 0 Å². The minimum absolute atomic E-state index is 0.0363. The number of rotatable bonds is 3. The van der Waals surface area contributed by atoms with Crippen molar-refractivity contribution in [3.05, 3.63) is 27.3 Å². The molecular weight excluding hydrogens is 305 g/mol. The molecule has 0 radical (unpaired) electrons. The van der Waals surface area contributed by atoms with Crippen LogP contribution in [-0.2, 0) is 0 Å². The molecule has 0 saturated heterocycles. The van der Waals surface area contributed by atoms with Crippen LogP contribution in [0.4, 0.5) is 0 Å².